The van der Waals surface area contributed by atoms with Crippen LogP contribution < -0.4 is 5.32 Å². The minimum Gasteiger partial charge on any atom is -0.481 e. The van der Waals surface area contributed by atoms with Gasteiger partial charge >= 0.3 is 5.97 Å². The Bertz CT molecular complexity index is 470. The third-order valence-corrected chi connectivity index (χ3v) is 3.06. The highest BCUT2D eigenvalue weighted by molar-refractivity contribution is 7.98. The number of carbonyl (C=O) groups is 2. The first kappa shape index (κ1) is 15.7. The quantitative estimate of drug-likeness (QED) is 0.453. The molecule has 0 aromatic carbocycles. The highest BCUT2D eigenvalue weighted by Gasteiger charge is 2.13. The van der Waals surface area contributed by atoms with Crippen molar-refractivity contribution in [2.75, 3.05) is 12.8 Å². The number of unbranched alkanes of at least 4 members (excludes halogenated alkanes) is 1. The fourth-order valence-electron chi connectivity index (χ4n) is 1.30. The maximum absolute atomic E-state index is 11.8. The number of aliphatic carboxylic acids is 1. The molecule has 1 rings (SSSR count). The summed E-state index contributed by atoms with van der Waals surface area (Å²) in [5.41, 5.74) is 0.138. The van der Waals surface area contributed by atoms with E-state index in [0.29, 0.717) is 24.5 Å². The number of nitrogens with zero attached hydrogens (tertiary/aromatic N) is 2. The summed E-state index contributed by atoms with van der Waals surface area (Å²) in [6.07, 6.45) is 4.40. The normalized spacial score (nSPS) is 10.2. The number of aromatic nitrogens is 2. The Balaban J connectivity index is 2.47. The van der Waals surface area contributed by atoms with E-state index in [-0.39, 0.29) is 23.0 Å². The third-order valence-electron chi connectivity index (χ3n) is 2.22. The van der Waals surface area contributed by atoms with E-state index in [0.717, 1.165) is 0 Å². The number of amides is 1. The second-order valence-corrected chi connectivity index (χ2v) is 4.84. The first-order valence-electron chi connectivity index (χ1n) is 5.61. The molecular formula is C11H14ClN3O3S. The summed E-state index contributed by atoms with van der Waals surface area (Å²) >= 11 is 7.18. The number of thioether (sulfide) groups is 1. The minimum atomic E-state index is -0.838. The van der Waals surface area contributed by atoms with Gasteiger partial charge in [-0.15, -0.1) is 0 Å². The van der Waals surface area contributed by atoms with Gasteiger partial charge in [-0.25, -0.2) is 9.97 Å². The SMILES string of the molecule is CSc1ncc(Cl)c(C(=O)NCCCCC(=O)O)n1. The van der Waals surface area contributed by atoms with Crippen LogP contribution in [0.1, 0.15) is 29.8 Å². The highest BCUT2D eigenvalue weighted by atomic mass is 35.5. The summed E-state index contributed by atoms with van der Waals surface area (Å²) in [5.74, 6) is -1.21. The molecule has 2 N–H and O–H groups in total. The van der Waals surface area contributed by atoms with E-state index in [1.807, 2.05) is 0 Å². The number of hydrogen-bond donors (Lipinski definition) is 2. The maximum Gasteiger partial charge on any atom is 0.303 e. The first-order chi connectivity index (χ1) is 9.04. The maximum atomic E-state index is 11.8. The van der Waals surface area contributed by atoms with Gasteiger partial charge in [0.15, 0.2) is 10.9 Å². The second kappa shape index (κ2) is 7.96. The molecule has 0 spiro atoms. The Labute approximate surface area is 120 Å². The molecule has 104 valence electrons. The van der Waals surface area contributed by atoms with Crippen molar-refractivity contribution in [2.45, 2.75) is 24.4 Å². The van der Waals surface area contributed by atoms with Crippen LogP contribution in [0.4, 0.5) is 0 Å². The van der Waals surface area contributed by atoms with Crippen LogP contribution in [0.3, 0.4) is 0 Å². The predicted octanol–water partition coefficient (Wildman–Crippen LogP) is 1.84. The number of hydrogen-bond acceptors (Lipinski definition) is 5. The van der Waals surface area contributed by atoms with E-state index >= 15 is 0 Å². The smallest absolute Gasteiger partial charge is 0.303 e. The Morgan fingerprint density at radius 1 is 1.47 bits per heavy atom. The number of carbonyl (C=O) groups excluding carboxylic acids is 1. The van der Waals surface area contributed by atoms with Crippen molar-refractivity contribution < 1.29 is 14.7 Å². The zero-order chi connectivity index (χ0) is 14.3. The number of carboxylic acid groups (broad SMARTS) is 1. The third kappa shape index (κ3) is 5.44. The molecule has 0 saturated carbocycles. The lowest BCUT2D eigenvalue weighted by atomic mass is 10.2. The fraction of sp³-hybridized carbons (Fsp3) is 0.455. The van der Waals surface area contributed by atoms with Crippen molar-refractivity contribution in [1.29, 1.82) is 0 Å². The Kier molecular flexibility index (Phi) is 6.58. The van der Waals surface area contributed by atoms with Gasteiger partial charge in [0.2, 0.25) is 0 Å². The molecule has 0 aliphatic carbocycles. The number of carboxylic acids is 1. The molecule has 0 bridgehead atoms. The number of rotatable bonds is 7. The summed E-state index contributed by atoms with van der Waals surface area (Å²) in [6, 6.07) is 0. The van der Waals surface area contributed by atoms with Crippen LogP contribution in [0.15, 0.2) is 11.4 Å². The van der Waals surface area contributed by atoms with Crippen LogP contribution in [-0.4, -0.2) is 39.8 Å². The molecule has 0 atom stereocenters. The lowest BCUT2D eigenvalue weighted by Crippen LogP contribution is -2.26. The molecule has 19 heavy (non-hydrogen) atoms. The summed E-state index contributed by atoms with van der Waals surface area (Å²) in [5, 5.41) is 11.8. The highest BCUT2D eigenvalue weighted by Crippen LogP contribution is 2.16. The molecule has 1 aromatic heterocycles. The zero-order valence-corrected chi connectivity index (χ0v) is 11.9. The van der Waals surface area contributed by atoms with Crippen molar-refractivity contribution in [3.05, 3.63) is 16.9 Å². The Morgan fingerprint density at radius 2 is 2.21 bits per heavy atom. The molecule has 1 heterocycles. The molecule has 0 saturated heterocycles. The van der Waals surface area contributed by atoms with Gasteiger partial charge in [-0.05, 0) is 19.1 Å². The molecule has 0 fully saturated rings. The molecule has 0 aliphatic rings. The molecule has 0 radical (unpaired) electrons. The van der Waals surface area contributed by atoms with E-state index in [1.165, 1.54) is 18.0 Å². The second-order valence-electron chi connectivity index (χ2n) is 3.66. The average molecular weight is 304 g/mol. The van der Waals surface area contributed by atoms with Crippen molar-refractivity contribution >= 4 is 35.2 Å². The number of halogens is 1. The summed E-state index contributed by atoms with van der Waals surface area (Å²) in [7, 11) is 0. The zero-order valence-electron chi connectivity index (χ0n) is 10.4. The van der Waals surface area contributed by atoms with Gasteiger partial charge in [-0.3, -0.25) is 9.59 Å². The predicted molar refractivity (Wildman–Crippen MR) is 72.6 cm³/mol. The van der Waals surface area contributed by atoms with Gasteiger partial charge < -0.3 is 10.4 Å². The minimum absolute atomic E-state index is 0.0980. The van der Waals surface area contributed by atoms with Gasteiger partial charge in [-0.1, -0.05) is 23.4 Å². The van der Waals surface area contributed by atoms with Crippen LogP contribution >= 0.6 is 23.4 Å². The Morgan fingerprint density at radius 3 is 2.84 bits per heavy atom. The van der Waals surface area contributed by atoms with Crippen molar-refractivity contribution in [1.82, 2.24) is 15.3 Å². The van der Waals surface area contributed by atoms with Crippen LogP contribution in [0.2, 0.25) is 5.02 Å². The topological polar surface area (TPSA) is 92.2 Å². The van der Waals surface area contributed by atoms with Gasteiger partial charge in [0.1, 0.15) is 0 Å². The largest absolute Gasteiger partial charge is 0.481 e. The Hall–Kier alpha value is -1.34. The summed E-state index contributed by atoms with van der Waals surface area (Å²) in [4.78, 5) is 30.1. The van der Waals surface area contributed by atoms with E-state index < -0.39 is 5.97 Å². The molecule has 1 aromatic rings. The molecule has 0 aliphatic heterocycles. The fourth-order valence-corrected chi connectivity index (χ4v) is 1.81. The summed E-state index contributed by atoms with van der Waals surface area (Å²) in [6.45, 7) is 0.390. The standard InChI is InChI=1S/C11H14ClN3O3S/c1-19-11-14-6-7(12)9(15-11)10(18)13-5-3-2-4-8(16)17/h6H,2-5H2,1H3,(H,13,18)(H,16,17). The summed E-state index contributed by atoms with van der Waals surface area (Å²) < 4.78 is 0. The van der Waals surface area contributed by atoms with E-state index in [9.17, 15) is 9.59 Å². The molecule has 8 heteroatoms. The van der Waals surface area contributed by atoms with E-state index in [2.05, 4.69) is 15.3 Å². The van der Waals surface area contributed by atoms with Crippen LogP contribution in [0.25, 0.3) is 0 Å². The van der Waals surface area contributed by atoms with Crippen LogP contribution in [0.5, 0.6) is 0 Å². The first-order valence-corrected chi connectivity index (χ1v) is 7.21. The molecule has 1 amide bonds. The number of nitrogens with one attached hydrogen (secondary N) is 1. The van der Waals surface area contributed by atoms with Crippen molar-refractivity contribution in [2.24, 2.45) is 0 Å². The van der Waals surface area contributed by atoms with E-state index in [1.54, 1.807) is 6.26 Å². The average Bonchev–Trinajstić information content (AvgIpc) is 2.38. The lowest BCUT2D eigenvalue weighted by molar-refractivity contribution is -0.137. The van der Waals surface area contributed by atoms with Crippen molar-refractivity contribution in [3.63, 3.8) is 0 Å². The van der Waals surface area contributed by atoms with Gasteiger partial charge in [0, 0.05) is 13.0 Å². The van der Waals surface area contributed by atoms with Gasteiger partial charge in [-0.2, -0.15) is 0 Å². The van der Waals surface area contributed by atoms with Crippen LogP contribution in [0, 0.1) is 0 Å². The van der Waals surface area contributed by atoms with Gasteiger partial charge in [0.25, 0.3) is 5.91 Å². The van der Waals surface area contributed by atoms with Crippen LogP contribution in [-0.2, 0) is 4.79 Å². The monoisotopic (exact) mass is 303 g/mol. The molecular weight excluding hydrogens is 290 g/mol. The van der Waals surface area contributed by atoms with Crippen molar-refractivity contribution in [3.8, 4) is 0 Å². The van der Waals surface area contributed by atoms with E-state index in [4.69, 9.17) is 16.7 Å². The molecule has 0 unspecified atom stereocenters. The molecule has 6 nitrogen and oxygen atoms in total. The van der Waals surface area contributed by atoms with Gasteiger partial charge in [0.05, 0.1) is 11.2 Å². The lowest BCUT2D eigenvalue weighted by Gasteiger charge is -2.06.